The number of rotatable bonds is 6. The van der Waals surface area contributed by atoms with Gasteiger partial charge in [0.2, 0.25) is 0 Å². The Kier molecular flexibility index (Phi) is 5.78. The van der Waals surface area contributed by atoms with Crippen LogP contribution in [0.3, 0.4) is 0 Å². The van der Waals surface area contributed by atoms with Crippen molar-refractivity contribution >= 4 is 9.84 Å². The van der Waals surface area contributed by atoms with E-state index in [0.717, 1.165) is 6.42 Å². The summed E-state index contributed by atoms with van der Waals surface area (Å²) in [7, 11) is -0.941. The quantitative estimate of drug-likeness (QED) is 0.878. The highest BCUT2D eigenvalue weighted by Gasteiger charge is 2.21. The first-order valence-corrected chi connectivity index (χ1v) is 9.15. The Morgan fingerprint density at radius 2 is 1.80 bits per heavy atom. The van der Waals surface area contributed by atoms with E-state index in [4.69, 9.17) is 0 Å². The number of hydrogen-bond donors (Lipinski definition) is 1. The molecule has 0 saturated carbocycles. The molecule has 0 radical (unpaired) electrons. The van der Waals surface area contributed by atoms with E-state index in [0.29, 0.717) is 6.42 Å². The zero-order valence-corrected chi connectivity index (χ0v) is 14.0. The first-order chi connectivity index (χ1) is 9.15. The van der Waals surface area contributed by atoms with Gasteiger partial charge in [-0.05, 0) is 36.4 Å². The van der Waals surface area contributed by atoms with Crippen LogP contribution in [0.25, 0.3) is 0 Å². The summed E-state index contributed by atoms with van der Waals surface area (Å²) in [5.41, 5.74) is 2.68. The molecule has 0 saturated heterocycles. The molecule has 0 aliphatic carbocycles. The molecule has 1 rings (SSSR count). The van der Waals surface area contributed by atoms with Crippen LogP contribution in [0.1, 0.15) is 50.8 Å². The van der Waals surface area contributed by atoms with Crippen molar-refractivity contribution in [2.75, 3.05) is 19.1 Å². The van der Waals surface area contributed by atoms with Crippen LogP contribution in [0, 0.1) is 0 Å². The monoisotopic (exact) mass is 297 g/mol. The van der Waals surface area contributed by atoms with Gasteiger partial charge in [0.05, 0.1) is 0 Å². The molecule has 1 aromatic carbocycles. The highest BCUT2D eigenvalue weighted by Crippen LogP contribution is 2.31. The lowest BCUT2D eigenvalue weighted by molar-refractivity contribution is 0.510. The molecule has 0 spiro atoms. The second-order valence-corrected chi connectivity index (χ2v) is 8.71. The van der Waals surface area contributed by atoms with Crippen LogP contribution in [-0.4, -0.2) is 27.5 Å². The number of benzene rings is 1. The SMILES string of the molecule is CNC(CCCS(C)(=O)=O)c1ccccc1C(C)(C)C. The number of sulfone groups is 1. The Balaban J connectivity index is 2.90. The van der Waals surface area contributed by atoms with Gasteiger partial charge in [-0.15, -0.1) is 0 Å². The number of nitrogens with one attached hydrogen (secondary N) is 1. The van der Waals surface area contributed by atoms with Gasteiger partial charge >= 0.3 is 0 Å². The zero-order chi connectivity index (χ0) is 15.4. The molecule has 1 aromatic rings. The molecule has 3 nitrogen and oxygen atoms in total. The van der Waals surface area contributed by atoms with Crippen molar-refractivity contribution in [2.24, 2.45) is 0 Å². The van der Waals surface area contributed by atoms with E-state index in [1.807, 2.05) is 13.1 Å². The van der Waals surface area contributed by atoms with E-state index >= 15 is 0 Å². The molecule has 0 aliphatic heterocycles. The molecule has 0 aromatic heterocycles. The molecule has 20 heavy (non-hydrogen) atoms. The molecule has 0 amide bonds. The summed E-state index contributed by atoms with van der Waals surface area (Å²) in [6.45, 7) is 6.61. The summed E-state index contributed by atoms with van der Waals surface area (Å²) < 4.78 is 22.5. The van der Waals surface area contributed by atoms with E-state index in [-0.39, 0.29) is 17.2 Å². The van der Waals surface area contributed by atoms with Crippen LogP contribution in [0.5, 0.6) is 0 Å². The van der Waals surface area contributed by atoms with Gasteiger partial charge in [-0.25, -0.2) is 8.42 Å². The maximum atomic E-state index is 11.2. The zero-order valence-electron chi connectivity index (χ0n) is 13.2. The Bertz CT molecular complexity index is 530. The third-order valence-corrected chi connectivity index (χ3v) is 4.53. The third kappa shape index (κ3) is 5.25. The minimum absolute atomic E-state index is 0.0858. The fourth-order valence-electron chi connectivity index (χ4n) is 2.49. The van der Waals surface area contributed by atoms with Gasteiger partial charge < -0.3 is 5.32 Å². The number of hydrogen-bond acceptors (Lipinski definition) is 3. The van der Waals surface area contributed by atoms with Gasteiger partial charge in [0.1, 0.15) is 9.84 Å². The predicted molar refractivity (Wildman–Crippen MR) is 85.9 cm³/mol. The highest BCUT2D eigenvalue weighted by atomic mass is 32.2. The molecule has 1 unspecified atom stereocenters. The fourth-order valence-corrected chi connectivity index (χ4v) is 3.18. The van der Waals surface area contributed by atoms with Crippen LogP contribution < -0.4 is 5.32 Å². The smallest absolute Gasteiger partial charge is 0.147 e. The maximum absolute atomic E-state index is 11.2. The van der Waals surface area contributed by atoms with Gasteiger partial charge in [-0.3, -0.25) is 0 Å². The highest BCUT2D eigenvalue weighted by molar-refractivity contribution is 7.90. The van der Waals surface area contributed by atoms with Gasteiger partial charge in [0.15, 0.2) is 0 Å². The minimum Gasteiger partial charge on any atom is -0.313 e. The molecular formula is C16H27NO2S. The van der Waals surface area contributed by atoms with Crippen molar-refractivity contribution in [3.05, 3.63) is 35.4 Å². The fraction of sp³-hybridized carbons (Fsp3) is 0.625. The van der Waals surface area contributed by atoms with Gasteiger partial charge in [-0.1, -0.05) is 45.0 Å². The van der Waals surface area contributed by atoms with Crippen molar-refractivity contribution in [3.8, 4) is 0 Å². The molecule has 114 valence electrons. The molecular weight excluding hydrogens is 270 g/mol. The Morgan fingerprint density at radius 1 is 1.20 bits per heavy atom. The van der Waals surface area contributed by atoms with Gasteiger partial charge in [0, 0.05) is 18.1 Å². The van der Waals surface area contributed by atoms with Crippen LogP contribution in [0.2, 0.25) is 0 Å². The van der Waals surface area contributed by atoms with Gasteiger partial charge in [-0.2, -0.15) is 0 Å². The summed E-state index contributed by atoms with van der Waals surface area (Å²) in [5, 5.41) is 3.32. The maximum Gasteiger partial charge on any atom is 0.147 e. The standard InChI is InChI=1S/C16H27NO2S/c1-16(2,3)14-10-7-6-9-13(14)15(17-4)11-8-12-20(5,18)19/h6-7,9-10,15,17H,8,11-12H2,1-5H3. The molecule has 4 heteroatoms. The van der Waals surface area contributed by atoms with Crippen molar-refractivity contribution in [1.82, 2.24) is 5.32 Å². The molecule has 1 atom stereocenters. The van der Waals surface area contributed by atoms with Crippen molar-refractivity contribution in [2.45, 2.75) is 45.1 Å². The summed E-state index contributed by atoms with van der Waals surface area (Å²) in [5.74, 6) is 0.253. The molecule has 0 bridgehead atoms. The van der Waals surface area contributed by atoms with Crippen LogP contribution in [0.4, 0.5) is 0 Å². The molecule has 0 fully saturated rings. The average molecular weight is 297 g/mol. The van der Waals surface area contributed by atoms with Crippen molar-refractivity contribution in [3.63, 3.8) is 0 Å². The summed E-state index contributed by atoms with van der Waals surface area (Å²) >= 11 is 0. The lowest BCUT2D eigenvalue weighted by Gasteiger charge is -2.27. The normalized spacial score (nSPS) is 14.2. The second kappa shape index (κ2) is 6.72. The topological polar surface area (TPSA) is 46.2 Å². The molecule has 0 aliphatic rings. The third-order valence-electron chi connectivity index (χ3n) is 3.50. The van der Waals surface area contributed by atoms with Gasteiger partial charge in [0.25, 0.3) is 0 Å². The Labute approximate surface area is 123 Å². The van der Waals surface area contributed by atoms with Crippen molar-refractivity contribution in [1.29, 1.82) is 0 Å². The largest absolute Gasteiger partial charge is 0.313 e. The van der Waals surface area contributed by atoms with E-state index in [1.54, 1.807) is 0 Å². The summed E-state index contributed by atoms with van der Waals surface area (Å²) in [4.78, 5) is 0. The first kappa shape index (κ1) is 17.2. The van der Waals surface area contributed by atoms with E-state index in [9.17, 15) is 8.42 Å². The van der Waals surface area contributed by atoms with E-state index < -0.39 is 9.84 Å². The second-order valence-electron chi connectivity index (χ2n) is 6.45. The average Bonchev–Trinajstić information content (AvgIpc) is 2.32. The first-order valence-electron chi connectivity index (χ1n) is 7.09. The Morgan fingerprint density at radius 3 is 2.30 bits per heavy atom. The lowest BCUT2D eigenvalue weighted by atomic mass is 9.81. The van der Waals surface area contributed by atoms with Crippen LogP contribution >= 0.6 is 0 Å². The van der Waals surface area contributed by atoms with E-state index in [2.05, 4.69) is 44.3 Å². The van der Waals surface area contributed by atoms with E-state index in [1.165, 1.54) is 17.4 Å². The predicted octanol–water partition coefficient (Wildman–Crippen LogP) is 3.07. The molecule has 1 N–H and O–H groups in total. The lowest BCUT2D eigenvalue weighted by Crippen LogP contribution is -2.23. The Hall–Kier alpha value is -0.870. The summed E-state index contributed by atoms with van der Waals surface area (Å²) in [6.07, 6.45) is 2.81. The van der Waals surface area contributed by atoms with Crippen LogP contribution in [-0.2, 0) is 15.3 Å². The summed E-state index contributed by atoms with van der Waals surface area (Å²) in [6, 6.07) is 8.61. The minimum atomic E-state index is -2.88. The van der Waals surface area contributed by atoms with Crippen LogP contribution in [0.15, 0.2) is 24.3 Å². The molecule has 0 heterocycles. The van der Waals surface area contributed by atoms with Crippen molar-refractivity contribution < 1.29 is 8.42 Å².